The molecule has 1 saturated heterocycles. The Morgan fingerprint density at radius 3 is 2.21 bits per heavy atom. The van der Waals surface area contributed by atoms with E-state index in [-0.39, 0.29) is 12.5 Å². The minimum atomic E-state index is -1.28. The highest BCUT2D eigenvalue weighted by atomic mass is 16.6. The molecule has 7 heteroatoms. The van der Waals surface area contributed by atoms with Gasteiger partial charge < -0.3 is 20.5 Å². The lowest BCUT2D eigenvalue weighted by Crippen LogP contribution is -2.65. The molecule has 2 amide bonds. The second-order valence-electron chi connectivity index (χ2n) is 10.8. The third-order valence-electron chi connectivity index (χ3n) is 6.62. The van der Waals surface area contributed by atoms with Crippen molar-refractivity contribution in [2.24, 2.45) is 5.73 Å². The van der Waals surface area contributed by atoms with E-state index in [2.05, 4.69) is 0 Å². The Morgan fingerprint density at radius 1 is 0.947 bits per heavy atom. The number of aliphatic hydroxyl groups is 1. The van der Waals surface area contributed by atoms with Crippen LogP contribution in [0.1, 0.15) is 31.9 Å². The van der Waals surface area contributed by atoms with Crippen LogP contribution in [0, 0.1) is 0 Å². The number of amides is 2. The molecule has 0 aromatic heterocycles. The molecule has 3 atom stereocenters. The minimum Gasteiger partial charge on any atom is -0.444 e. The minimum absolute atomic E-state index is 0.241. The highest BCUT2D eigenvalue weighted by Gasteiger charge is 2.45. The molecule has 3 N–H and O–H groups in total. The van der Waals surface area contributed by atoms with Crippen LogP contribution in [0.15, 0.2) is 84.9 Å². The second-order valence-corrected chi connectivity index (χ2v) is 10.8. The third-order valence-corrected chi connectivity index (χ3v) is 6.62. The van der Waals surface area contributed by atoms with Gasteiger partial charge in [-0.15, -0.1) is 0 Å². The lowest BCUT2D eigenvalue weighted by atomic mass is 9.92. The second kappa shape index (κ2) is 11.8. The number of carbonyl (C=O) groups is 2. The van der Waals surface area contributed by atoms with Crippen molar-refractivity contribution in [2.45, 2.75) is 57.5 Å². The van der Waals surface area contributed by atoms with E-state index in [4.69, 9.17) is 10.5 Å². The summed E-state index contributed by atoms with van der Waals surface area (Å²) in [7, 11) is 0. The van der Waals surface area contributed by atoms with Crippen molar-refractivity contribution < 1.29 is 19.4 Å². The molecule has 1 aliphatic heterocycles. The highest BCUT2D eigenvalue weighted by Crippen LogP contribution is 2.24. The standard InChI is InChI=1S/C31H37N3O4/c1-31(2,3)38-30(37)34-18-17-33(21-22-11-6-4-7-12-22)29(36)27(34)28(35)26(32)20-23-13-10-16-25(19-23)24-14-8-5-9-15-24/h4-16,19,26-28,35H,17-18,20-21,32H2,1-3H3/t26-,27-,28-/m0/s1. The zero-order valence-electron chi connectivity index (χ0n) is 22.3. The molecule has 0 saturated carbocycles. The van der Waals surface area contributed by atoms with Gasteiger partial charge in [0.05, 0.1) is 6.10 Å². The van der Waals surface area contributed by atoms with E-state index in [0.29, 0.717) is 19.5 Å². The average Bonchev–Trinajstić information content (AvgIpc) is 2.89. The van der Waals surface area contributed by atoms with Gasteiger partial charge in [0.25, 0.3) is 0 Å². The topological polar surface area (TPSA) is 96.1 Å². The maximum absolute atomic E-state index is 13.7. The summed E-state index contributed by atoms with van der Waals surface area (Å²) in [6, 6.07) is 25.7. The molecule has 0 radical (unpaired) electrons. The molecule has 0 spiro atoms. The Morgan fingerprint density at radius 2 is 1.55 bits per heavy atom. The van der Waals surface area contributed by atoms with Crippen molar-refractivity contribution in [3.63, 3.8) is 0 Å². The van der Waals surface area contributed by atoms with E-state index >= 15 is 0 Å². The van der Waals surface area contributed by atoms with Gasteiger partial charge in [0.2, 0.25) is 5.91 Å². The number of aliphatic hydroxyl groups excluding tert-OH is 1. The Balaban J connectivity index is 1.55. The van der Waals surface area contributed by atoms with Crippen LogP contribution in [-0.4, -0.2) is 63.8 Å². The van der Waals surface area contributed by atoms with Gasteiger partial charge in [-0.2, -0.15) is 0 Å². The molecule has 0 unspecified atom stereocenters. The number of nitrogens with zero attached hydrogens (tertiary/aromatic N) is 2. The zero-order valence-corrected chi connectivity index (χ0v) is 22.3. The van der Waals surface area contributed by atoms with Gasteiger partial charge in [-0.3, -0.25) is 9.69 Å². The van der Waals surface area contributed by atoms with E-state index in [0.717, 1.165) is 22.3 Å². The molecule has 0 aliphatic carbocycles. The summed E-state index contributed by atoms with van der Waals surface area (Å²) in [5, 5.41) is 11.4. The van der Waals surface area contributed by atoms with Crippen molar-refractivity contribution in [2.75, 3.05) is 13.1 Å². The van der Waals surface area contributed by atoms with E-state index in [1.807, 2.05) is 84.9 Å². The average molecular weight is 516 g/mol. The van der Waals surface area contributed by atoms with Gasteiger partial charge in [-0.05, 0) is 49.4 Å². The van der Waals surface area contributed by atoms with Crippen LogP contribution in [0.3, 0.4) is 0 Å². The summed E-state index contributed by atoms with van der Waals surface area (Å²) in [6.07, 6.45) is -1.58. The SMILES string of the molecule is CC(C)(C)OC(=O)N1CCN(Cc2ccccc2)C(=O)[C@@H]1[C@@H](O)[C@@H](N)Cc1cccc(-c2ccccc2)c1. The van der Waals surface area contributed by atoms with Crippen LogP contribution in [0.2, 0.25) is 0 Å². The summed E-state index contributed by atoms with van der Waals surface area (Å²) < 4.78 is 5.59. The van der Waals surface area contributed by atoms with Gasteiger partial charge in [0, 0.05) is 25.7 Å². The molecular weight excluding hydrogens is 478 g/mol. The van der Waals surface area contributed by atoms with Gasteiger partial charge in [0.1, 0.15) is 11.6 Å². The number of piperazine rings is 1. The van der Waals surface area contributed by atoms with Crippen molar-refractivity contribution in [1.29, 1.82) is 0 Å². The van der Waals surface area contributed by atoms with Crippen molar-refractivity contribution in [3.05, 3.63) is 96.1 Å². The lowest BCUT2D eigenvalue weighted by molar-refractivity contribution is -0.148. The number of carbonyl (C=O) groups excluding carboxylic acids is 2. The van der Waals surface area contributed by atoms with Gasteiger partial charge in [-0.1, -0.05) is 84.9 Å². The van der Waals surface area contributed by atoms with Gasteiger partial charge >= 0.3 is 6.09 Å². The van der Waals surface area contributed by atoms with Crippen LogP contribution in [0.25, 0.3) is 11.1 Å². The Labute approximate surface area is 224 Å². The summed E-state index contributed by atoms with van der Waals surface area (Å²) in [5.41, 5.74) is 9.82. The smallest absolute Gasteiger partial charge is 0.411 e. The fourth-order valence-corrected chi connectivity index (χ4v) is 4.75. The molecule has 1 aliphatic rings. The summed E-state index contributed by atoms with van der Waals surface area (Å²) in [6.45, 7) is 6.29. The van der Waals surface area contributed by atoms with Crippen molar-refractivity contribution in [3.8, 4) is 11.1 Å². The van der Waals surface area contributed by atoms with Crippen LogP contribution in [-0.2, 0) is 22.5 Å². The van der Waals surface area contributed by atoms with Crippen LogP contribution < -0.4 is 5.73 Å². The summed E-state index contributed by atoms with van der Waals surface area (Å²) in [5.74, 6) is -0.341. The fourth-order valence-electron chi connectivity index (χ4n) is 4.75. The zero-order chi connectivity index (χ0) is 27.3. The maximum atomic E-state index is 13.7. The molecule has 4 rings (SSSR count). The first-order chi connectivity index (χ1) is 18.1. The third kappa shape index (κ3) is 6.79. The Kier molecular flexibility index (Phi) is 8.49. The molecule has 1 heterocycles. The molecule has 7 nitrogen and oxygen atoms in total. The number of nitrogens with two attached hydrogens (primary N) is 1. The molecule has 3 aromatic carbocycles. The normalized spacial score (nSPS) is 17.7. The molecule has 200 valence electrons. The number of hydrogen-bond donors (Lipinski definition) is 2. The monoisotopic (exact) mass is 515 g/mol. The molecule has 3 aromatic rings. The Bertz CT molecular complexity index is 1230. The number of benzene rings is 3. The number of rotatable bonds is 7. The van der Waals surface area contributed by atoms with Gasteiger partial charge in [-0.25, -0.2) is 4.79 Å². The van der Waals surface area contributed by atoms with Gasteiger partial charge in [0.15, 0.2) is 0 Å². The summed E-state index contributed by atoms with van der Waals surface area (Å²) >= 11 is 0. The first-order valence-electron chi connectivity index (χ1n) is 13.0. The van der Waals surface area contributed by atoms with Crippen molar-refractivity contribution >= 4 is 12.0 Å². The highest BCUT2D eigenvalue weighted by molar-refractivity contribution is 5.87. The predicted molar refractivity (Wildman–Crippen MR) is 148 cm³/mol. The molecule has 1 fully saturated rings. The lowest BCUT2D eigenvalue weighted by Gasteiger charge is -2.43. The van der Waals surface area contributed by atoms with E-state index < -0.39 is 29.9 Å². The number of hydrogen-bond acceptors (Lipinski definition) is 5. The number of ether oxygens (including phenoxy) is 1. The van der Waals surface area contributed by atoms with E-state index in [1.165, 1.54) is 4.90 Å². The molecular formula is C31H37N3O4. The largest absolute Gasteiger partial charge is 0.444 e. The first kappa shape index (κ1) is 27.4. The quantitative estimate of drug-likeness (QED) is 0.491. The molecule has 0 bridgehead atoms. The van der Waals surface area contributed by atoms with E-state index in [1.54, 1.807) is 25.7 Å². The Hall–Kier alpha value is -3.68. The van der Waals surface area contributed by atoms with E-state index in [9.17, 15) is 14.7 Å². The van der Waals surface area contributed by atoms with Crippen LogP contribution >= 0.6 is 0 Å². The van der Waals surface area contributed by atoms with Crippen LogP contribution in [0.5, 0.6) is 0 Å². The fraction of sp³-hybridized carbons (Fsp3) is 0.355. The van der Waals surface area contributed by atoms with Crippen molar-refractivity contribution in [1.82, 2.24) is 9.80 Å². The maximum Gasteiger partial charge on any atom is 0.411 e. The first-order valence-corrected chi connectivity index (χ1v) is 13.0. The predicted octanol–water partition coefficient (Wildman–Crippen LogP) is 4.23. The van der Waals surface area contributed by atoms with Crippen LogP contribution in [0.4, 0.5) is 4.79 Å². The molecule has 38 heavy (non-hydrogen) atoms. The summed E-state index contributed by atoms with van der Waals surface area (Å²) in [4.78, 5) is 29.8.